The lowest BCUT2D eigenvalue weighted by Crippen LogP contribution is -1.93. The van der Waals surface area contributed by atoms with Gasteiger partial charge in [-0.25, -0.2) is 4.98 Å². The van der Waals surface area contributed by atoms with E-state index in [0.29, 0.717) is 5.56 Å². The second-order valence-corrected chi connectivity index (χ2v) is 6.11. The second kappa shape index (κ2) is 6.75. The topological polar surface area (TPSA) is 55.7 Å². The smallest absolute Gasteiger partial charge is 0.185 e. The van der Waals surface area contributed by atoms with E-state index >= 15 is 0 Å². The van der Waals surface area contributed by atoms with Crippen molar-refractivity contribution in [3.8, 4) is 11.3 Å². The SMILES string of the molecule is O=C(C=Cc1ccc2cc(-c3csnn3)ccc2n1)c1ccccc1. The lowest BCUT2D eigenvalue weighted by molar-refractivity contribution is 0.104. The van der Waals surface area contributed by atoms with Crippen molar-refractivity contribution < 1.29 is 4.79 Å². The molecule has 0 atom stereocenters. The third-order valence-corrected chi connectivity index (χ3v) is 4.33. The number of aromatic nitrogens is 3. The summed E-state index contributed by atoms with van der Waals surface area (Å²) < 4.78 is 3.89. The molecule has 0 saturated heterocycles. The first-order valence-corrected chi connectivity index (χ1v) is 8.59. The highest BCUT2D eigenvalue weighted by Gasteiger charge is 2.04. The number of allylic oxidation sites excluding steroid dienone is 1. The quantitative estimate of drug-likeness (QED) is 0.400. The van der Waals surface area contributed by atoms with Gasteiger partial charge in [-0.1, -0.05) is 47.0 Å². The van der Waals surface area contributed by atoms with Gasteiger partial charge in [0.25, 0.3) is 0 Å². The van der Waals surface area contributed by atoms with Gasteiger partial charge >= 0.3 is 0 Å². The van der Waals surface area contributed by atoms with Gasteiger partial charge in [-0.3, -0.25) is 4.79 Å². The zero-order chi connectivity index (χ0) is 17.1. The first-order chi connectivity index (χ1) is 12.3. The van der Waals surface area contributed by atoms with Crippen LogP contribution in [0.4, 0.5) is 0 Å². The molecule has 4 nitrogen and oxygen atoms in total. The van der Waals surface area contributed by atoms with Crippen molar-refractivity contribution >= 4 is 34.3 Å². The molecule has 0 saturated carbocycles. The predicted molar refractivity (Wildman–Crippen MR) is 100 cm³/mol. The van der Waals surface area contributed by atoms with Crippen molar-refractivity contribution in [3.05, 3.63) is 83.4 Å². The van der Waals surface area contributed by atoms with E-state index in [0.717, 1.165) is 27.9 Å². The Labute approximate surface area is 148 Å². The molecule has 0 radical (unpaired) electrons. The van der Waals surface area contributed by atoms with Crippen LogP contribution in [0.25, 0.3) is 28.2 Å². The van der Waals surface area contributed by atoms with Crippen LogP contribution in [-0.4, -0.2) is 20.4 Å². The molecule has 120 valence electrons. The van der Waals surface area contributed by atoms with Crippen molar-refractivity contribution in [2.75, 3.05) is 0 Å². The normalized spacial score (nSPS) is 11.2. The molecule has 4 rings (SSSR count). The molecule has 0 bridgehead atoms. The molecule has 0 aliphatic rings. The van der Waals surface area contributed by atoms with Gasteiger partial charge in [0, 0.05) is 21.9 Å². The van der Waals surface area contributed by atoms with Gasteiger partial charge in [0.1, 0.15) is 5.69 Å². The molecule has 0 amide bonds. The van der Waals surface area contributed by atoms with Crippen molar-refractivity contribution in [3.63, 3.8) is 0 Å². The Balaban J connectivity index is 1.60. The minimum atomic E-state index is -0.0334. The summed E-state index contributed by atoms with van der Waals surface area (Å²) >= 11 is 1.33. The van der Waals surface area contributed by atoms with Crippen LogP contribution in [-0.2, 0) is 0 Å². The molecule has 25 heavy (non-hydrogen) atoms. The molecular formula is C20H13N3OS. The van der Waals surface area contributed by atoms with Crippen molar-refractivity contribution in [2.45, 2.75) is 0 Å². The van der Waals surface area contributed by atoms with Gasteiger partial charge in [0.15, 0.2) is 5.78 Å². The summed E-state index contributed by atoms with van der Waals surface area (Å²) in [6.07, 6.45) is 3.30. The van der Waals surface area contributed by atoms with Crippen LogP contribution in [0.3, 0.4) is 0 Å². The summed E-state index contributed by atoms with van der Waals surface area (Å²) in [4.78, 5) is 16.7. The number of hydrogen-bond acceptors (Lipinski definition) is 5. The first-order valence-electron chi connectivity index (χ1n) is 7.75. The van der Waals surface area contributed by atoms with E-state index in [2.05, 4.69) is 14.6 Å². The van der Waals surface area contributed by atoms with E-state index in [1.54, 1.807) is 24.3 Å². The number of ketones is 1. The lowest BCUT2D eigenvalue weighted by Gasteiger charge is -2.02. The third kappa shape index (κ3) is 3.36. The van der Waals surface area contributed by atoms with Crippen LogP contribution >= 0.6 is 11.5 Å². The Morgan fingerprint density at radius 3 is 2.68 bits per heavy atom. The largest absolute Gasteiger partial charge is 0.289 e. The molecule has 4 aromatic rings. The predicted octanol–water partition coefficient (Wildman–Crippen LogP) is 4.65. The van der Waals surface area contributed by atoms with Crippen LogP contribution in [0.2, 0.25) is 0 Å². The Hall–Kier alpha value is -3.18. The monoisotopic (exact) mass is 343 g/mol. The number of nitrogens with zero attached hydrogens (tertiary/aromatic N) is 3. The molecular weight excluding hydrogens is 330 g/mol. The van der Waals surface area contributed by atoms with Crippen LogP contribution in [0.1, 0.15) is 16.1 Å². The van der Waals surface area contributed by atoms with E-state index in [1.165, 1.54) is 11.5 Å². The average Bonchev–Trinajstić information content (AvgIpc) is 3.21. The highest BCUT2D eigenvalue weighted by Crippen LogP contribution is 2.23. The van der Waals surface area contributed by atoms with Gasteiger partial charge in [-0.15, -0.1) is 5.10 Å². The maximum Gasteiger partial charge on any atom is 0.185 e. The number of carbonyl (C=O) groups is 1. The number of fused-ring (bicyclic) bond motifs is 1. The summed E-state index contributed by atoms with van der Waals surface area (Å²) in [6.45, 7) is 0. The zero-order valence-electron chi connectivity index (χ0n) is 13.2. The van der Waals surface area contributed by atoms with Gasteiger partial charge < -0.3 is 0 Å². The van der Waals surface area contributed by atoms with Crippen LogP contribution < -0.4 is 0 Å². The molecule has 0 aliphatic heterocycles. The lowest BCUT2D eigenvalue weighted by atomic mass is 10.1. The zero-order valence-corrected chi connectivity index (χ0v) is 14.0. The number of hydrogen-bond donors (Lipinski definition) is 0. The molecule has 2 aromatic heterocycles. The fourth-order valence-electron chi connectivity index (χ4n) is 2.54. The Kier molecular flexibility index (Phi) is 4.14. The summed E-state index contributed by atoms with van der Waals surface area (Å²) in [5.74, 6) is -0.0334. The van der Waals surface area contributed by atoms with E-state index in [1.807, 2.05) is 53.9 Å². The maximum absolute atomic E-state index is 12.1. The number of pyridine rings is 1. The van der Waals surface area contributed by atoms with Crippen molar-refractivity contribution in [1.29, 1.82) is 0 Å². The van der Waals surface area contributed by atoms with Crippen LogP contribution in [0, 0.1) is 0 Å². The molecule has 0 N–H and O–H groups in total. The maximum atomic E-state index is 12.1. The highest BCUT2D eigenvalue weighted by atomic mass is 32.1. The molecule has 0 unspecified atom stereocenters. The molecule has 0 fully saturated rings. The minimum absolute atomic E-state index is 0.0334. The summed E-state index contributed by atoms with van der Waals surface area (Å²) in [5, 5.41) is 7.03. The Bertz CT molecular complexity index is 1060. The minimum Gasteiger partial charge on any atom is -0.289 e. The molecule has 2 heterocycles. The first kappa shape index (κ1) is 15.4. The van der Waals surface area contributed by atoms with Gasteiger partial charge in [0.05, 0.1) is 11.2 Å². The van der Waals surface area contributed by atoms with E-state index in [-0.39, 0.29) is 5.78 Å². The van der Waals surface area contributed by atoms with Gasteiger partial charge in [-0.2, -0.15) is 0 Å². The van der Waals surface area contributed by atoms with Crippen LogP contribution in [0.15, 0.2) is 72.1 Å². The van der Waals surface area contributed by atoms with E-state index in [4.69, 9.17) is 0 Å². The fraction of sp³-hybridized carbons (Fsp3) is 0. The van der Waals surface area contributed by atoms with E-state index < -0.39 is 0 Å². The number of rotatable bonds is 4. The molecule has 5 heteroatoms. The van der Waals surface area contributed by atoms with Crippen molar-refractivity contribution in [2.24, 2.45) is 0 Å². The third-order valence-electron chi connectivity index (χ3n) is 3.83. The summed E-state index contributed by atoms with van der Waals surface area (Å²) in [5.41, 5.74) is 4.18. The molecule has 0 aliphatic carbocycles. The summed E-state index contributed by atoms with van der Waals surface area (Å²) in [6, 6.07) is 19.1. The van der Waals surface area contributed by atoms with Gasteiger partial charge in [0.2, 0.25) is 0 Å². The Morgan fingerprint density at radius 2 is 1.88 bits per heavy atom. The van der Waals surface area contributed by atoms with Gasteiger partial charge in [-0.05, 0) is 41.9 Å². The highest BCUT2D eigenvalue weighted by molar-refractivity contribution is 7.03. The average molecular weight is 343 g/mol. The fourth-order valence-corrected chi connectivity index (χ4v) is 3.01. The molecule has 2 aromatic carbocycles. The van der Waals surface area contributed by atoms with E-state index in [9.17, 15) is 4.79 Å². The number of benzene rings is 2. The molecule has 0 spiro atoms. The number of carbonyl (C=O) groups excluding carboxylic acids is 1. The Morgan fingerprint density at radius 1 is 1.00 bits per heavy atom. The van der Waals surface area contributed by atoms with Crippen LogP contribution in [0.5, 0.6) is 0 Å². The standard InChI is InChI=1S/C20H13N3OS/c24-20(14-4-2-1-3-5-14)11-9-17-8-6-15-12-16(7-10-18(15)21-17)19-13-25-23-22-19/h1-13H. The second-order valence-electron chi connectivity index (χ2n) is 5.50. The van der Waals surface area contributed by atoms with Crippen molar-refractivity contribution in [1.82, 2.24) is 14.6 Å². The summed E-state index contributed by atoms with van der Waals surface area (Å²) in [7, 11) is 0.